The third-order valence-corrected chi connectivity index (χ3v) is 4.12. The van der Waals surface area contributed by atoms with Gasteiger partial charge < -0.3 is 9.84 Å². The van der Waals surface area contributed by atoms with E-state index in [1.165, 1.54) is 11.8 Å². The topological polar surface area (TPSA) is 55.2 Å². The smallest absolute Gasteiger partial charge is 0.187 e. The maximum Gasteiger partial charge on any atom is 0.187 e. The minimum Gasteiger partial charge on any atom is -0.488 e. The normalized spacial score (nSPS) is 12.2. The van der Waals surface area contributed by atoms with Crippen LogP contribution in [0.15, 0.2) is 35.7 Å². The number of thioether (sulfide) groups is 1. The molecule has 0 saturated carbocycles. The molecule has 0 bridgehead atoms. The predicted octanol–water partition coefficient (Wildman–Crippen LogP) is 3.62. The van der Waals surface area contributed by atoms with Crippen molar-refractivity contribution in [3.63, 3.8) is 0 Å². The summed E-state index contributed by atoms with van der Waals surface area (Å²) in [4.78, 5) is 8.31. The molecule has 1 unspecified atom stereocenters. The molecule has 7 heteroatoms. The summed E-state index contributed by atoms with van der Waals surface area (Å²) in [7, 11) is 0. The molecule has 0 saturated heterocycles. The fraction of sp³-hybridized carbons (Fsp3) is 0.286. The zero-order chi connectivity index (χ0) is 15.2. The molecule has 1 N–H and O–H groups in total. The molecule has 2 rings (SSSR count). The van der Waals surface area contributed by atoms with E-state index in [0.29, 0.717) is 26.7 Å². The van der Waals surface area contributed by atoms with E-state index in [4.69, 9.17) is 27.9 Å². The fourth-order valence-electron chi connectivity index (χ4n) is 1.47. The Morgan fingerprint density at radius 1 is 1.24 bits per heavy atom. The number of aliphatic hydroxyl groups excluding tert-OH is 1. The number of hydrogen-bond acceptors (Lipinski definition) is 5. The Morgan fingerprint density at radius 2 is 1.86 bits per heavy atom. The van der Waals surface area contributed by atoms with Crippen LogP contribution in [0, 0.1) is 6.92 Å². The number of nitrogens with zero attached hydrogens (tertiary/aromatic N) is 2. The second kappa shape index (κ2) is 7.84. The van der Waals surface area contributed by atoms with Crippen molar-refractivity contribution in [3.8, 4) is 5.75 Å². The Labute approximate surface area is 137 Å². The minimum absolute atomic E-state index is 0.0995. The quantitative estimate of drug-likeness (QED) is 0.640. The van der Waals surface area contributed by atoms with Gasteiger partial charge in [-0.15, -0.1) is 0 Å². The second-order valence-corrected chi connectivity index (χ2v) is 6.17. The van der Waals surface area contributed by atoms with Crippen molar-refractivity contribution >= 4 is 35.0 Å². The van der Waals surface area contributed by atoms with Crippen molar-refractivity contribution in [1.29, 1.82) is 0 Å². The van der Waals surface area contributed by atoms with Crippen molar-refractivity contribution in [2.24, 2.45) is 0 Å². The van der Waals surface area contributed by atoms with Gasteiger partial charge in [0.15, 0.2) is 10.9 Å². The molecule has 0 aliphatic heterocycles. The van der Waals surface area contributed by atoms with E-state index in [0.717, 1.165) is 5.56 Å². The van der Waals surface area contributed by atoms with Crippen LogP contribution in [0.1, 0.15) is 5.56 Å². The predicted molar refractivity (Wildman–Crippen MR) is 85.5 cm³/mol. The van der Waals surface area contributed by atoms with Crippen LogP contribution in [-0.4, -0.2) is 33.5 Å². The standard InChI is InChI=1S/C14H14Cl2N2O2S/c1-9-5-17-14(18-6-9)21-8-10(19)7-20-13-11(15)3-2-4-12(13)16/h2-6,10,19H,7-8H2,1H3. The largest absolute Gasteiger partial charge is 0.488 e. The molecule has 1 aromatic heterocycles. The number of para-hydroxylation sites is 1. The molecular formula is C14H14Cl2N2O2S. The van der Waals surface area contributed by atoms with Crippen LogP contribution in [0.25, 0.3) is 0 Å². The van der Waals surface area contributed by atoms with Crippen LogP contribution in [0.4, 0.5) is 0 Å². The van der Waals surface area contributed by atoms with Gasteiger partial charge in [0, 0.05) is 18.1 Å². The zero-order valence-corrected chi connectivity index (χ0v) is 13.6. The number of aryl methyl sites for hydroxylation is 1. The summed E-state index contributed by atoms with van der Waals surface area (Å²) in [5.74, 6) is 0.807. The van der Waals surface area contributed by atoms with E-state index in [1.807, 2.05) is 6.92 Å². The average molecular weight is 345 g/mol. The van der Waals surface area contributed by atoms with Crippen LogP contribution in [0.3, 0.4) is 0 Å². The van der Waals surface area contributed by atoms with Gasteiger partial charge in [-0.05, 0) is 24.6 Å². The Bertz CT molecular complexity index is 576. The lowest BCUT2D eigenvalue weighted by atomic mass is 10.3. The molecule has 21 heavy (non-hydrogen) atoms. The number of rotatable bonds is 6. The molecule has 112 valence electrons. The van der Waals surface area contributed by atoms with Gasteiger partial charge in [-0.25, -0.2) is 9.97 Å². The second-order valence-electron chi connectivity index (χ2n) is 4.37. The summed E-state index contributed by atoms with van der Waals surface area (Å²) in [6.07, 6.45) is 2.80. The Hall–Kier alpha value is -1.01. The molecule has 0 aliphatic carbocycles. The summed E-state index contributed by atoms with van der Waals surface area (Å²) in [5, 5.41) is 11.4. The third kappa shape index (κ3) is 5.04. The van der Waals surface area contributed by atoms with Crippen molar-refractivity contribution in [2.75, 3.05) is 12.4 Å². The van der Waals surface area contributed by atoms with Crippen LogP contribution >= 0.6 is 35.0 Å². The molecule has 0 amide bonds. The van der Waals surface area contributed by atoms with E-state index < -0.39 is 6.10 Å². The Morgan fingerprint density at radius 3 is 2.48 bits per heavy atom. The molecule has 2 aromatic rings. The molecule has 0 radical (unpaired) electrons. The third-order valence-electron chi connectivity index (χ3n) is 2.50. The fourth-order valence-corrected chi connectivity index (χ4v) is 2.67. The first-order valence-electron chi connectivity index (χ1n) is 6.22. The lowest BCUT2D eigenvalue weighted by Gasteiger charge is -2.13. The monoisotopic (exact) mass is 344 g/mol. The van der Waals surface area contributed by atoms with Gasteiger partial charge in [0.1, 0.15) is 6.61 Å². The lowest BCUT2D eigenvalue weighted by Crippen LogP contribution is -2.20. The van der Waals surface area contributed by atoms with Crippen LogP contribution in [0.2, 0.25) is 10.0 Å². The number of aromatic nitrogens is 2. The first-order chi connectivity index (χ1) is 10.1. The van der Waals surface area contributed by atoms with E-state index >= 15 is 0 Å². The molecule has 1 heterocycles. The van der Waals surface area contributed by atoms with Crippen molar-refractivity contribution in [2.45, 2.75) is 18.2 Å². The number of halogens is 2. The van der Waals surface area contributed by atoms with Gasteiger partial charge in [-0.2, -0.15) is 0 Å². The average Bonchev–Trinajstić information content (AvgIpc) is 2.46. The van der Waals surface area contributed by atoms with E-state index in [-0.39, 0.29) is 6.61 Å². The van der Waals surface area contributed by atoms with Crippen molar-refractivity contribution in [3.05, 3.63) is 46.2 Å². The lowest BCUT2D eigenvalue weighted by molar-refractivity contribution is 0.126. The molecular weight excluding hydrogens is 331 g/mol. The zero-order valence-electron chi connectivity index (χ0n) is 11.3. The molecule has 0 fully saturated rings. The number of benzene rings is 1. The number of ether oxygens (including phenoxy) is 1. The maximum absolute atomic E-state index is 9.92. The Kier molecular flexibility index (Phi) is 6.11. The number of aliphatic hydroxyl groups is 1. The van der Waals surface area contributed by atoms with E-state index in [9.17, 15) is 5.11 Å². The van der Waals surface area contributed by atoms with Gasteiger partial charge in [0.05, 0.1) is 16.1 Å². The first kappa shape index (κ1) is 16.4. The molecule has 4 nitrogen and oxygen atoms in total. The van der Waals surface area contributed by atoms with Gasteiger partial charge in [0.2, 0.25) is 0 Å². The summed E-state index contributed by atoms with van der Waals surface area (Å²) < 4.78 is 5.47. The highest BCUT2D eigenvalue weighted by Crippen LogP contribution is 2.32. The van der Waals surface area contributed by atoms with Crippen molar-refractivity contribution in [1.82, 2.24) is 9.97 Å². The van der Waals surface area contributed by atoms with Crippen molar-refractivity contribution < 1.29 is 9.84 Å². The summed E-state index contributed by atoms with van der Waals surface area (Å²) in [6, 6.07) is 5.10. The molecule has 1 atom stereocenters. The summed E-state index contributed by atoms with van der Waals surface area (Å²) in [5.41, 5.74) is 0.997. The SMILES string of the molecule is Cc1cnc(SCC(O)COc2c(Cl)cccc2Cl)nc1. The van der Waals surface area contributed by atoms with E-state index in [1.54, 1.807) is 30.6 Å². The van der Waals surface area contributed by atoms with Gasteiger partial charge in [-0.3, -0.25) is 0 Å². The van der Waals surface area contributed by atoms with Gasteiger partial charge >= 0.3 is 0 Å². The van der Waals surface area contributed by atoms with E-state index in [2.05, 4.69) is 9.97 Å². The van der Waals surface area contributed by atoms with Gasteiger partial charge in [0.25, 0.3) is 0 Å². The Balaban J connectivity index is 1.82. The molecule has 1 aromatic carbocycles. The highest BCUT2D eigenvalue weighted by molar-refractivity contribution is 7.99. The molecule has 0 spiro atoms. The number of hydrogen-bond donors (Lipinski definition) is 1. The first-order valence-corrected chi connectivity index (χ1v) is 7.96. The van der Waals surface area contributed by atoms with Crippen LogP contribution in [-0.2, 0) is 0 Å². The highest BCUT2D eigenvalue weighted by Gasteiger charge is 2.11. The van der Waals surface area contributed by atoms with Crippen LogP contribution in [0.5, 0.6) is 5.75 Å². The van der Waals surface area contributed by atoms with Crippen LogP contribution < -0.4 is 4.74 Å². The summed E-state index contributed by atoms with van der Waals surface area (Å²) >= 11 is 13.3. The highest BCUT2D eigenvalue weighted by atomic mass is 35.5. The summed E-state index contributed by atoms with van der Waals surface area (Å²) in [6.45, 7) is 2.02. The maximum atomic E-state index is 9.92. The molecule has 0 aliphatic rings. The minimum atomic E-state index is -0.674. The van der Waals surface area contributed by atoms with Gasteiger partial charge in [-0.1, -0.05) is 41.0 Å².